The highest BCUT2D eigenvalue weighted by atomic mass is 127. The van der Waals surface area contributed by atoms with Crippen LogP contribution in [0, 0.1) is 14.8 Å². The van der Waals surface area contributed by atoms with Crippen LogP contribution in [0.4, 0.5) is 4.39 Å². The zero-order valence-corrected chi connectivity index (χ0v) is 20.0. The van der Waals surface area contributed by atoms with Crippen molar-refractivity contribution in [2.45, 2.75) is 59.8 Å². The van der Waals surface area contributed by atoms with Gasteiger partial charge in [0.25, 0.3) is 0 Å². The molecule has 2 nitrogen and oxygen atoms in total. The van der Waals surface area contributed by atoms with Gasteiger partial charge >= 0.3 is 0 Å². The SMILES string of the molecule is CCCOc1ccc(F)cc1-c1cc(C(CCC)C(C)(C)C)cc(I)c1OC. The topological polar surface area (TPSA) is 18.5 Å². The Hall–Kier alpha value is -1.30. The Morgan fingerprint density at radius 2 is 1.75 bits per heavy atom. The van der Waals surface area contributed by atoms with E-state index in [9.17, 15) is 4.39 Å². The van der Waals surface area contributed by atoms with E-state index in [1.54, 1.807) is 19.2 Å². The van der Waals surface area contributed by atoms with Crippen molar-refractivity contribution in [3.8, 4) is 22.6 Å². The highest BCUT2D eigenvalue weighted by molar-refractivity contribution is 14.1. The smallest absolute Gasteiger partial charge is 0.140 e. The standard InChI is InChI=1S/C24H32FIO2/c1-7-9-20(24(3,4)5)16-13-19(23(27-6)21(26)14-16)18-15-17(25)10-11-22(18)28-12-8-2/h10-11,13-15,20H,7-9,12H2,1-6H3. The third kappa shape index (κ3) is 5.40. The lowest BCUT2D eigenvalue weighted by Gasteiger charge is -2.32. The first-order valence-corrected chi connectivity index (χ1v) is 11.1. The fourth-order valence-corrected chi connectivity index (χ4v) is 4.53. The van der Waals surface area contributed by atoms with Crippen molar-refractivity contribution >= 4 is 22.6 Å². The highest BCUT2D eigenvalue weighted by Crippen LogP contribution is 2.45. The minimum absolute atomic E-state index is 0.133. The molecule has 1 atom stereocenters. The maximum atomic E-state index is 14.2. The summed E-state index contributed by atoms with van der Waals surface area (Å²) in [5.74, 6) is 1.59. The summed E-state index contributed by atoms with van der Waals surface area (Å²) in [6.07, 6.45) is 3.12. The zero-order valence-electron chi connectivity index (χ0n) is 17.9. The molecule has 1 unspecified atom stereocenters. The van der Waals surface area contributed by atoms with Gasteiger partial charge in [0.15, 0.2) is 0 Å². The molecule has 0 fully saturated rings. The van der Waals surface area contributed by atoms with Crippen LogP contribution in [-0.4, -0.2) is 13.7 Å². The maximum Gasteiger partial charge on any atom is 0.140 e. The molecule has 0 aliphatic carbocycles. The van der Waals surface area contributed by atoms with E-state index in [0.717, 1.165) is 39.7 Å². The predicted octanol–water partition coefficient (Wildman–Crippen LogP) is 7.82. The molecule has 0 spiro atoms. The Morgan fingerprint density at radius 3 is 2.32 bits per heavy atom. The molecule has 2 rings (SSSR count). The van der Waals surface area contributed by atoms with E-state index in [1.807, 2.05) is 0 Å². The van der Waals surface area contributed by atoms with Crippen molar-refractivity contribution < 1.29 is 13.9 Å². The quantitative estimate of drug-likeness (QED) is 0.346. The van der Waals surface area contributed by atoms with Gasteiger partial charge in [0, 0.05) is 11.1 Å². The molecule has 2 aromatic rings. The Kier molecular flexibility index (Phi) is 8.17. The largest absolute Gasteiger partial charge is 0.495 e. The second-order valence-corrected chi connectivity index (χ2v) is 9.44. The van der Waals surface area contributed by atoms with Gasteiger partial charge in [0.1, 0.15) is 17.3 Å². The molecule has 0 radical (unpaired) electrons. The van der Waals surface area contributed by atoms with E-state index in [4.69, 9.17) is 9.47 Å². The summed E-state index contributed by atoms with van der Waals surface area (Å²) in [7, 11) is 1.67. The molecule has 2 aromatic carbocycles. The van der Waals surface area contributed by atoms with Crippen molar-refractivity contribution in [3.63, 3.8) is 0 Å². The average Bonchev–Trinajstić information content (AvgIpc) is 2.63. The summed E-state index contributed by atoms with van der Waals surface area (Å²) in [6.45, 7) is 11.7. The van der Waals surface area contributed by atoms with Crippen LogP contribution in [0.25, 0.3) is 11.1 Å². The molecule has 4 heteroatoms. The molecule has 0 aliphatic heterocycles. The van der Waals surface area contributed by atoms with Gasteiger partial charge in [-0.2, -0.15) is 0 Å². The van der Waals surface area contributed by atoms with Crippen LogP contribution in [0.15, 0.2) is 30.3 Å². The van der Waals surface area contributed by atoms with Crippen LogP contribution in [0.1, 0.15) is 65.4 Å². The monoisotopic (exact) mass is 498 g/mol. The Balaban J connectivity index is 2.70. The van der Waals surface area contributed by atoms with Gasteiger partial charge in [-0.1, -0.05) is 41.0 Å². The second kappa shape index (κ2) is 9.95. The molecule has 154 valence electrons. The molecule has 0 aliphatic rings. The van der Waals surface area contributed by atoms with Crippen LogP contribution in [0.3, 0.4) is 0 Å². The first-order valence-electron chi connectivity index (χ1n) is 10.0. The van der Waals surface area contributed by atoms with Gasteiger partial charge in [0.2, 0.25) is 0 Å². The van der Waals surface area contributed by atoms with Crippen LogP contribution in [0.5, 0.6) is 11.5 Å². The Labute approximate surface area is 183 Å². The first-order chi connectivity index (χ1) is 13.2. The zero-order chi connectivity index (χ0) is 20.9. The van der Waals surface area contributed by atoms with Crippen LogP contribution in [0.2, 0.25) is 0 Å². The minimum Gasteiger partial charge on any atom is -0.495 e. The molecular weight excluding hydrogens is 466 g/mol. The van der Waals surface area contributed by atoms with E-state index in [0.29, 0.717) is 18.3 Å². The van der Waals surface area contributed by atoms with E-state index < -0.39 is 0 Å². The fourth-order valence-electron chi connectivity index (χ4n) is 3.66. The summed E-state index contributed by atoms with van der Waals surface area (Å²) < 4.78 is 26.8. The average molecular weight is 498 g/mol. The number of hydrogen-bond donors (Lipinski definition) is 0. The lowest BCUT2D eigenvalue weighted by atomic mass is 9.73. The number of rotatable bonds is 8. The van der Waals surface area contributed by atoms with Crippen molar-refractivity contribution in [1.29, 1.82) is 0 Å². The van der Waals surface area contributed by atoms with Crippen LogP contribution in [-0.2, 0) is 0 Å². The summed E-state index contributed by atoms with van der Waals surface area (Å²) in [5, 5.41) is 0. The Bertz CT molecular complexity index is 796. The van der Waals surface area contributed by atoms with Gasteiger partial charge in [0.05, 0.1) is 17.3 Å². The molecular formula is C24H32FIO2. The summed E-state index contributed by atoms with van der Waals surface area (Å²) in [6, 6.07) is 9.09. The highest BCUT2D eigenvalue weighted by Gasteiger charge is 2.27. The summed E-state index contributed by atoms with van der Waals surface area (Å²) in [4.78, 5) is 0. The molecule has 0 saturated heterocycles. The van der Waals surface area contributed by atoms with Gasteiger partial charge < -0.3 is 9.47 Å². The van der Waals surface area contributed by atoms with Gasteiger partial charge in [-0.15, -0.1) is 0 Å². The predicted molar refractivity (Wildman–Crippen MR) is 124 cm³/mol. The first kappa shape index (κ1) is 23.0. The molecule has 0 amide bonds. The van der Waals surface area contributed by atoms with E-state index in [1.165, 1.54) is 11.6 Å². The summed E-state index contributed by atoms with van der Waals surface area (Å²) in [5.41, 5.74) is 3.03. The third-order valence-electron chi connectivity index (χ3n) is 4.99. The summed E-state index contributed by atoms with van der Waals surface area (Å²) >= 11 is 2.32. The third-order valence-corrected chi connectivity index (χ3v) is 5.79. The molecule has 0 saturated carbocycles. The van der Waals surface area contributed by atoms with Gasteiger partial charge in [-0.05, 0) is 82.7 Å². The number of methoxy groups -OCH3 is 1. The minimum atomic E-state index is -0.276. The number of halogens is 2. The molecule has 0 bridgehead atoms. The van der Waals surface area contributed by atoms with Crippen LogP contribution >= 0.6 is 22.6 Å². The molecule has 0 aromatic heterocycles. The van der Waals surface area contributed by atoms with Crippen LogP contribution < -0.4 is 9.47 Å². The lowest BCUT2D eigenvalue weighted by Crippen LogP contribution is -2.18. The molecule has 0 heterocycles. The number of ether oxygens (including phenoxy) is 2. The van der Waals surface area contributed by atoms with E-state index >= 15 is 0 Å². The molecule has 28 heavy (non-hydrogen) atoms. The number of benzene rings is 2. The van der Waals surface area contributed by atoms with Gasteiger partial charge in [-0.25, -0.2) is 4.39 Å². The van der Waals surface area contributed by atoms with Crippen molar-refractivity contribution in [2.24, 2.45) is 5.41 Å². The molecule has 0 N–H and O–H groups in total. The van der Waals surface area contributed by atoms with Crippen molar-refractivity contribution in [3.05, 3.63) is 45.3 Å². The fraction of sp³-hybridized carbons (Fsp3) is 0.500. The number of hydrogen-bond acceptors (Lipinski definition) is 2. The van der Waals surface area contributed by atoms with Crippen molar-refractivity contribution in [1.82, 2.24) is 0 Å². The maximum absolute atomic E-state index is 14.2. The Morgan fingerprint density at radius 1 is 1.04 bits per heavy atom. The van der Waals surface area contributed by atoms with E-state index in [2.05, 4.69) is 69.3 Å². The normalized spacial score (nSPS) is 12.7. The van der Waals surface area contributed by atoms with E-state index in [-0.39, 0.29) is 11.2 Å². The van der Waals surface area contributed by atoms with Gasteiger partial charge in [-0.3, -0.25) is 0 Å². The second-order valence-electron chi connectivity index (χ2n) is 8.28. The van der Waals surface area contributed by atoms with Crippen molar-refractivity contribution in [2.75, 3.05) is 13.7 Å². The lowest BCUT2D eigenvalue weighted by molar-refractivity contribution is 0.302.